The molecule has 7 nitrogen and oxygen atoms in total. The molecular formula is C25H27ClFN3O4S. The second-order valence-electron chi connectivity index (χ2n) is 8.96. The Labute approximate surface area is 209 Å². The number of rotatable bonds is 7. The Hall–Kier alpha value is -3.17. The first-order valence-electron chi connectivity index (χ1n) is 10.8. The third kappa shape index (κ3) is 7.16. The normalized spacial score (nSPS) is 12.2. The standard InChI is InChI=1S/C25H27ClFN3O4S/c1-25(2,3)34-24(31)29(4)16-19-13-23(21-10-9-20(26)14-22(21)27)30(17-19)35(32,33)12-6-8-18-7-5-11-28-15-18/h5-11,13-15,17H,12,16H2,1-4H3. The van der Waals surface area contributed by atoms with Crippen LogP contribution in [0.2, 0.25) is 5.02 Å². The van der Waals surface area contributed by atoms with Crippen LogP contribution in [0.5, 0.6) is 0 Å². The summed E-state index contributed by atoms with van der Waals surface area (Å²) in [6.07, 6.45) is 7.20. The third-order valence-corrected chi connectivity index (χ3v) is 6.53. The Morgan fingerprint density at radius 2 is 2.00 bits per heavy atom. The van der Waals surface area contributed by atoms with Crippen molar-refractivity contribution in [2.75, 3.05) is 12.8 Å². The number of nitrogens with zero attached hydrogens (tertiary/aromatic N) is 3. The monoisotopic (exact) mass is 519 g/mol. The van der Waals surface area contributed by atoms with E-state index in [2.05, 4.69) is 4.98 Å². The molecule has 0 radical (unpaired) electrons. The molecule has 10 heteroatoms. The highest BCUT2D eigenvalue weighted by Crippen LogP contribution is 2.29. The van der Waals surface area contributed by atoms with Gasteiger partial charge in [-0.2, -0.15) is 0 Å². The number of benzene rings is 1. The molecule has 1 amide bonds. The van der Waals surface area contributed by atoms with Crippen LogP contribution in [0.4, 0.5) is 9.18 Å². The largest absolute Gasteiger partial charge is 0.444 e. The van der Waals surface area contributed by atoms with Gasteiger partial charge in [-0.05, 0) is 62.2 Å². The van der Waals surface area contributed by atoms with Gasteiger partial charge in [0.15, 0.2) is 0 Å². The molecule has 0 saturated heterocycles. The number of carbonyl (C=O) groups is 1. The number of amides is 1. The molecule has 0 unspecified atom stereocenters. The summed E-state index contributed by atoms with van der Waals surface area (Å²) in [5, 5.41) is 0.191. The Balaban J connectivity index is 1.96. The van der Waals surface area contributed by atoms with Crippen LogP contribution < -0.4 is 0 Å². The van der Waals surface area contributed by atoms with Crippen molar-refractivity contribution in [3.05, 3.63) is 83.0 Å². The molecular weight excluding hydrogens is 493 g/mol. The van der Waals surface area contributed by atoms with Crippen molar-refractivity contribution < 1.29 is 22.3 Å². The molecule has 3 rings (SSSR count). The number of hydrogen-bond acceptors (Lipinski definition) is 5. The second-order valence-corrected chi connectivity index (χ2v) is 11.3. The van der Waals surface area contributed by atoms with E-state index in [-0.39, 0.29) is 28.6 Å². The summed E-state index contributed by atoms with van der Waals surface area (Å²) in [6.45, 7) is 5.32. The first-order chi connectivity index (χ1) is 16.4. The van der Waals surface area contributed by atoms with Crippen molar-refractivity contribution in [3.8, 4) is 11.3 Å². The summed E-state index contributed by atoms with van der Waals surface area (Å²) in [6, 6.07) is 9.11. The molecule has 0 aliphatic rings. The summed E-state index contributed by atoms with van der Waals surface area (Å²) < 4.78 is 47.7. The minimum atomic E-state index is -3.93. The van der Waals surface area contributed by atoms with Crippen LogP contribution in [-0.4, -0.2) is 46.8 Å². The number of hydrogen-bond donors (Lipinski definition) is 0. The molecule has 0 aliphatic carbocycles. The van der Waals surface area contributed by atoms with Gasteiger partial charge >= 0.3 is 6.09 Å². The highest BCUT2D eigenvalue weighted by atomic mass is 35.5. The van der Waals surface area contributed by atoms with E-state index in [0.717, 1.165) is 15.6 Å². The summed E-state index contributed by atoms with van der Waals surface area (Å²) in [4.78, 5) is 17.7. The molecule has 186 valence electrons. The number of halogens is 2. The van der Waals surface area contributed by atoms with Gasteiger partial charge in [0.05, 0.1) is 18.0 Å². The maximum absolute atomic E-state index is 14.8. The van der Waals surface area contributed by atoms with Gasteiger partial charge in [-0.1, -0.05) is 29.8 Å². The maximum Gasteiger partial charge on any atom is 0.410 e. The van der Waals surface area contributed by atoms with E-state index in [4.69, 9.17) is 16.3 Å². The lowest BCUT2D eigenvalue weighted by molar-refractivity contribution is 0.0285. The van der Waals surface area contributed by atoms with Crippen LogP contribution in [0.25, 0.3) is 17.3 Å². The molecule has 1 aromatic carbocycles. The Morgan fingerprint density at radius 1 is 1.26 bits per heavy atom. The fraction of sp³-hybridized carbons (Fsp3) is 0.280. The summed E-state index contributed by atoms with van der Waals surface area (Å²) in [5.74, 6) is -0.995. The number of pyridine rings is 1. The van der Waals surface area contributed by atoms with Crippen molar-refractivity contribution in [1.82, 2.24) is 13.9 Å². The minimum absolute atomic E-state index is 0.0607. The van der Waals surface area contributed by atoms with E-state index in [1.165, 1.54) is 35.4 Å². The van der Waals surface area contributed by atoms with E-state index in [1.54, 1.807) is 58.4 Å². The number of carbonyl (C=O) groups excluding carboxylic acids is 1. The van der Waals surface area contributed by atoms with Gasteiger partial charge in [0.2, 0.25) is 10.0 Å². The van der Waals surface area contributed by atoms with Crippen LogP contribution in [0.3, 0.4) is 0 Å². The quantitative estimate of drug-likeness (QED) is 0.406. The fourth-order valence-corrected chi connectivity index (χ4v) is 4.65. The lowest BCUT2D eigenvalue weighted by Gasteiger charge is -2.24. The molecule has 0 bridgehead atoms. The zero-order chi connectivity index (χ0) is 25.8. The first-order valence-corrected chi connectivity index (χ1v) is 12.7. The van der Waals surface area contributed by atoms with E-state index in [1.807, 2.05) is 0 Å². The van der Waals surface area contributed by atoms with E-state index in [9.17, 15) is 17.6 Å². The Morgan fingerprint density at radius 3 is 2.63 bits per heavy atom. The predicted octanol–water partition coefficient (Wildman–Crippen LogP) is 5.60. The lowest BCUT2D eigenvalue weighted by atomic mass is 10.1. The number of aromatic nitrogens is 2. The van der Waals surface area contributed by atoms with Crippen molar-refractivity contribution in [2.24, 2.45) is 0 Å². The summed E-state index contributed by atoms with van der Waals surface area (Å²) >= 11 is 5.89. The van der Waals surface area contributed by atoms with Crippen molar-refractivity contribution in [3.63, 3.8) is 0 Å². The van der Waals surface area contributed by atoms with Gasteiger partial charge in [-0.3, -0.25) is 4.98 Å². The van der Waals surface area contributed by atoms with Crippen molar-refractivity contribution >= 4 is 33.8 Å². The van der Waals surface area contributed by atoms with Crippen molar-refractivity contribution in [1.29, 1.82) is 0 Å². The van der Waals surface area contributed by atoms with Gasteiger partial charge in [-0.15, -0.1) is 0 Å². The van der Waals surface area contributed by atoms with Crippen LogP contribution >= 0.6 is 11.6 Å². The Bertz CT molecular complexity index is 1330. The Kier molecular flexibility index (Phi) is 8.02. The summed E-state index contributed by atoms with van der Waals surface area (Å²) in [7, 11) is -2.38. The van der Waals surface area contributed by atoms with Gasteiger partial charge in [-0.25, -0.2) is 21.6 Å². The lowest BCUT2D eigenvalue weighted by Crippen LogP contribution is -2.33. The molecule has 0 N–H and O–H groups in total. The fourth-order valence-electron chi connectivity index (χ4n) is 3.25. The zero-order valence-corrected chi connectivity index (χ0v) is 21.5. The molecule has 2 aromatic heterocycles. The van der Waals surface area contributed by atoms with Crippen molar-refractivity contribution in [2.45, 2.75) is 32.9 Å². The average Bonchev–Trinajstić information content (AvgIpc) is 3.17. The molecule has 0 fully saturated rings. The number of ether oxygens (including phenoxy) is 1. The third-order valence-electron chi connectivity index (χ3n) is 4.78. The predicted molar refractivity (Wildman–Crippen MR) is 135 cm³/mol. The molecule has 0 spiro atoms. The van der Waals surface area contributed by atoms with Gasteiger partial charge in [0.1, 0.15) is 11.4 Å². The van der Waals surface area contributed by atoms with Crippen LogP contribution in [-0.2, 0) is 21.3 Å². The van der Waals surface area contributed by atoms with Gasteiger partial charge < -0.3 is 9.64 Å². The van der Waals surface area contributed by atoms with E-state index >= 15 is 0 Å². The van der Waals surface area contributed by atoms with E-state index in [0.29, 0.717) is 5.56 Å². The highest BCUT2D eigenvalue weighted by Gasteiger charge is 2.24. The van der Waals surface area contributed by atoms with Gasteiger partial charge in [0, 0.05) is 36.2 Å². The SMILES string of the molecule is CN(Cc1cc(-c2ccc(Cl)cc2F)n(S(=O)(=O)CC=Cc2cccnc2)c1)C(=O)OC(C)(C)C. The topological polar surface area (TPSA) is 81.5 Å². The van der Waals surface area contributed by atoms with Gasteiger partial charge in [0.25, 0.3) is 0 Å². The highest BCUT2D eigenvalue weighted by molar-refractivity contribution is 7.90. The molecule has 35 heavy (non-hydrogen) atoms. The molecule has 0 atom stereocenters. The average molecular weight is 520 g/mol. The molecule has 0 saturated carbocycles. The zero-order valence-electron chi connectivity index (χ0n) is 19.9. The summed E-state index contributed by atoms with van der Waals surface area (Å²) in [5.41, 5.74) is 0.752. The second kappa shape index (κ2) is 10.6. The smallest absolute Gasteiger partial charge is 0.410 e. The first kappa shape index (κ1) is 26.4. The van der Waals surface area contributed by atoms with Crippen LogP contribution in [0.1, 0.15) is 31.9 Å². The van der Waals surface area contributed by atoms with Crippen LogP contribution in [0, 0.1) is 5.82 Å². The molecule has 3 aromatic rings. The minimum Gasteiger partial charge on any atom is -0.444 e. The van der Waals surface area contributed by atoms with E-state index < -0.39 is 27.5 Å². The molecule has 2 heterocycles. The maximum atomic E-state index is 14.8. The van der Waals surface area contributed by atoms with Crippen LogP contribution in [0.15, 0.2) is 61.1 Å². The molecule has 0 aliphatic heterocycles.